The van der Waals surface area contributed by atoms with Crippen molar-refractivity contribution in [3.8, 4) is 0 Å². The molecule has 8 rings (SSSR count). The third-order valence-electron chi connectivity index (χ3n) is 10.9. The number of allylic oxidation sites excluding steroid dienone is 2. The van der Waals surface area contributed by atoms with Crippen molar-refractivity contribution >= 4 is 79.6 Å². The Bertz CT molecular complexity index is 2980. The number of halogens is 6. The molecule has 0 radical (unpaired) electrons. The summed E-state index contributed by atoms with van der Waals surface area (Å²) in [6, 6.07) is 3.81. The number of carbonyl (C=O) groups is 5. The van der Waals surface area contributed by atoms with Gasteiger partial charge in [0, 0.05) is 69.5 Å². The molecule has 4 aromatic rings. The SMILES string of the molecule is CC(=O)OP(=O)([O-])N(C[C@H]1CN(c2cc(F)c(N3C=CC(=O)CC3)c(F)c2F)C(=O)O1)c1ccon1.CC(C)OP(=O)(OC(C)C)N(C[C@H]1CN(c2cc(F)c(N3C=CC(=O)CC3)c(F)c2F)C(=O)O1)c1ccon1.[Na+]. The number of anilines is 6. The third kappa shape index (κ3) is 13.3. The summed E-state index contributed by atoms with van der Waals surface area (Å²) in [5, 5.41) is 7.27. The van der Waals surface area contributed by atoms with Crippen LogP contribution in [0.3, 0.4) is 0 Å². The van der Waals surface area contributed by atoms with Crippen LogP contribution in [0.5, 0.6) is 0 Å². The van der Waals surface area contributed by atoms with E-state index in [9.17, 15) is 51.2 Å². The maximum Gasteiger partial charge on any atom is 1.00 e. The van der Waals surface area contributed by atoms with E-state index in [1.807, 2.05) is 0 Å². The average Bonchev–Trinajstić information content (AvgIpc) is 4.17. The van der Waals surface area contributed by atoms with Crippen molar-refractivity contribution in [3.63, 3.8) is 0 Å². The summed E-state index contributed by atoms with van der Waals surface area (Å²) in [4.78, 5) is 75.0. The van der Waals surface area contributed by atoms with Gasteiger partial charge in [0.25, 0.3) is 7.75 Å². The van der Waals surface area contributed by atoms with Crippen molar-refractivity contribution in [2.75, 3.05) is 68.2 Å². The van der Waals surface area contributed by atoms with Gasteiger partial charge in [-0.1, -0.05) is 10.3 Å². The molecule has 0 bridgehead atoms. The molecule has 2 aromatic heterocycles. The first kappa shape index (κ1) is 59.1. The molecule has 0 aliphatic carbocycles. The average molecular weight is 1120 g/mol. The van der Waals surface area contributed by atoms with Crippen molar-refractivity contribution in [2.45, 2.75) is 71.9 Å². The molecule has 0 N–H and O–H groups in total. The van der Waals surface area contributed by atoms with Crippen LogP contribution in [-0.2, 0) is 46.6 Å². The van der Waals surface area contributed by atoms with Gasteiger partial charge in [-0.3, -0.25) is 47.1 Å². The maximum absolute atomic E-state index is 15.2. The van der Waals surface area contributed by atoms with Crippen LogP contribution in [0.2, 0.25) is 0 Å². The molecule has 2 fully saturated rings. The number of hydrogen-bond donors (Lipinski definition) is 0. The van der Waals surface area contributed by atoms with Crippen LogP contribution in [0, 0.1) is 34.9 Å². The van der Waals surface area contributed by atoms with E-state index in [4.69, 9.17) is 23.0 Å². The van der Waals surface area contributed by atoms with E-state index in [0.29, 0.717) is 21.7 Å². The van der Waals surface area contributed by atoms with Gasteiger partial charge in [0.05, 0.1) is 49.8 Å². The Morgan fingerprint density at radius 2 is 1.12 bits per heavy atom. The Kier molecular flexibility index (Phi) is 19.0. The van der Waals surface area contributed by atoms with Crippen molar-refractivity contribution in [1.82, 2.24) is 10.3 Å². The molecule has 6 heterocycles. The molecule has 3 atom stereocenters. The molecule has 4 aliphatic rings. The normalized spacial score (nSPS) is 18.4. The van der Waals surface area contributed by atoms with Crippen LogP contribution in [0.1, 0.15) is 47.5 Å². The van der Waals surface area contributed by atoms with Crippen LogP contribution in [-0.4, -0.2) is 104 Å². The minimum Gasteiger partial charge on any atom is -0.751 e. The number of cyclic esters (lactones) is 2. The molecular weight excluding hydrogens is 1080 g/mol. The number of carbonyl (C=O) groups excluding carboxylic acids is 5. The van der Waals surface area contributed by atoms with Gasteiger partial charge in [-0.25, -0.2) is 40.5 Å². The first-order valence-electron chi connectivity index (χ1n) is 22.5. The Labute approximate surface area is 450 Å². The predicted molar refractivity (Wildman–Crippen MR) is 247 cm³/mol. The van der Waals surface area contributed by atoms with Crippen LogP contribution < -0.4 is 63.4 Å². The number of rotatable bonds is 17. The fourth-order valence-electron chi connectivity index (χ4n) is 7.77. The first-order valence-corrected chi connectivity index (χ1v) is 25.5. The fourth-order valence-corrected chi connectivity index (χ4v) is 11.0. The van der Waals surface area contributed by atoms with Crippen LogP contribution in [0.4, 0.5) is 70.3 Å². The topological polar surface area (TPSA) is 260 Å². The number of ketones is 2. The smallest absolute Gasteiger partial charge is 0.751 e. The summed E-state index contributed by atoms with van der Waals surface area (Å²) in [6.45, 7) is 5.58. The Balaban J connectivity index is 0.000000244. The zero-order chi connectivity index (χ0) is 54.7. The molecule has 76 heavy (non-hydrogen) atoms. The Morgan fingerprint density at radius 3 is 1.47 bits per heavy atom. The summed E-state index contributed by atoms with van der Waals surface area (Å²) in [6.07, 6.45) is 1.10. The summed E-state index contributed by atoms with van der Waals surface area (Å²) in [5.41, 5.74) is -2.88. The zero-order valence-electron chi connectivity index (χ0n) is 41.1. The van der Waals surface area contributed by atoms with Gasteiger partial charge >= 0.3 is 55.5 Å². The molecule has 2 amide bonds. The molecular formula is C44H45F6N8NaO15P2. The van der Waals surface area contributed by atoms with Gasteiger partial charge in [-0.15, -0.1) is 0 Å². The number of ether oxygens (including phenoxy) is 2. The van der Waals surface area contributed by atoms with E-state index in [0.717, 1.165) is 57.0 Å². The van der Waals surface area contributed by atoms with E-state index in [2.05, 4.69) is 19.4 Å². The van der Waals surface area contributed by atoms with E-state index in [1.165, 1.54) is 18.5 Å². The molecule has 23 nitrogen and oxygen atoms in total. The van der Waals surface area contributed by atoms with E-state index in [1.54, 1.807) is 27.7 Å². The molecule has 1 unspecified atom stereocenters. The summed E-state index contributed by atoms with van der Waals surface area (Å²) >= 11 is 0. The van der Waals surface area contributed by atoms with Crippen LogP contribution >= 0.6 is 15.5 Å². The summed E-state index contributed by atoms with van der Waals surface area (Å²) in [5.74, 6) is -10.4. The number of hydrogen-bond acceptors (Lipinski definition) is 19. The van der Waals surface area contributed by atoms with Gasteiger partial charge in [0.2, 0.25) is 0 Å². The van der Waals surface area contributed by atoms with E-state index in [-0.39, 0.29) is 91.8 Å². The molecule has 404 valence electrons. The van der Waals surface area contributed by atoms with Gasteiger partial charge in [-0.2, -0.15) is 0 Å². The number of nitrogens with zero attached hydrogens (tertiary/aromatic N) is 8. The van der Waals surface area contributed by atoms with Gasteiger partial charge in [0.1, 0.15) is 36.1 Å². The number of amides is 2. The van der Waals surface area contributed by atoms with Gasteiger partial charge in [0.15, 0.2) is 58.1 Å². The third-order valence-corrected chi connectivity index (χ3v) is 14.7. The van der Waals surface area contributed by atoms with Crippen molar-refractivity contribution < 1.29 is 126 Å². The largest absolute Gasteiger partial charge is 1.00 e. The maximum atomic E-state index is 15.2. The van der Waals surface area contributed by atoms with Crippen molar-refractivity contribution in [2.24, 2.45) is 0 Å². The van der Waals surface area contributed by atoms with Gasteiger partial charge < -0.3 is 37.7 Å². The van der Waals surface area contributed by atoms with E-state index >= 15 is 13.2 Å². The summed E-state index contributed by atoms with van der Waals surface area (Å²) < 4.78 is 153. The van der Waals surface area contributed by atoms with Crippen molar-refractivity contribution in [1.29, 1.82) is 0 Å². The molecule has 2 saturated heterocycles. The second-order valence-electron chi connectivity index (χ2n) is 17.1. The molecule has 4 aliphatic heterocycles. The molecule has 32 heteroatoms. The number of benzene rings is 2. The van der Waals surface area contributed by atoms with E-state index < -0.39 is 129 Å². The Hall–Kier alpha value is -6.19. The minimum atomic E-state index is -5.09. The zero-order valence-corrected chi connectivity index (χ0v) is 44.9. The predicted octanol–water partition coefficient (Wildman–Crippen LogP) is 4.43. The molecule has 0 saturated carbocycles. The minimum absolute atomic E-state index is 0. The first-order chi connectivity index (χ1) is 35.4. The van der Waals surface area contributed by atoms with Crippen LogP contribution in [0.25, 0.3) is 0 Å². The summed E-state index contributed by atoms with van der Waals surface area (Å²) in [7, 11) is -9.17. The monoisotopic (exact) mass is 1120 g/mol. The van der Waals surface area contributed by atoms with Gasteiger partial charge in [-0.05, 0) is 39.8 Å². The number of aromatic nitrogens is 2. The van der Waals surface area contributed by atoms with Crippen LogP contribution in [0.15, 0.2) is 70.4 Å². The molecule has 0 spiro atoms. The fraction of sp³-hybridized carbons (Fsp3) is 0.386. The second kappa shape index (κ2) is 24.4. The van der Waals surface area contributed by atoms with Crippen molar-refractivity contribution in [3.05, 3.63) is 96.2 Å². The molecule has 2 aromatic carbocycles. The second-order valence-corrected chi connectivity index (χ2v) is 20.5. The Morgan fingerprint density at radius 1 is 0.711 bits per heavy atom. The standard InChI is InChI=1S/C24H28F3N4O7P.C20H18F3N4O8P.Na/c1-14(2)37-39(34,38-15(3)4)31(20-7-10-35-28-20)13-17-12-30(24(33)36-17)19-11-18(25)23(22(27)21(19)26)29-8-5-16(32)6-9-29;1-11(28)35-36(31,32)27(16-4-7-33-24-16)10-13-9-26(20(30)34-13)15-8-14(21)19(18(23)17(15)22)25-5-2-12(29)3-6-25;/h5,7-8,10-11,14-15,17H,6,9,12-13H2,1-4H3;2,4-5,7-8,13H,3,6,9-10H2,1H3,(H,31,32);/q;;+1/p-1/t17-;13-;/m11./s1. The quantitative estimate of drug-likeness (QED) is 0.0613.